The van der Waals surface area contributed by atoms with Gasteiger partial charge >= 0.3 is 6.18 Å². The van der Waals surface area contributed by atoms with Gasteiger partial charge in [0, 0.05) is 51.3 Å². The van der Waals surface area contributed by atoms with E-state index in [0.29, 0.717) is 19.5 Å². The molecule has 1 saturated heterocycles. The summed E-state index contributed by atoms with van der Waals surface area (Å²) < 4.78 is 55.1. The minimum atomic E-state index is -5.06. The number of imidazole rings is 1. The number of aryl methyl sites for hydroxylation is 1. The van der Waals surface area contributed by atoms with Crippen molar-refractivity contribution in [3.8, 4) is 0 Å². The summed E-state index contributed by atoms with van der Waals surface area (Å²) in [7, 11) is 1.33. The van der Waals surface area contributed by atoms with Gasteiger partial charge in [0.25, 0.3) is 0 Å². The third-order valence-corrected chi connectivity index (χ3v) is 5.11. The zero-order chi connectivity index (χ0) is 21.2. The monoisotopic (exact) mass is 414 g/mol. The number of halogens is 4. The molecule has 2 heterocycles. The molecule has 1 aliphatic rings. The van der Waals surface area contributed by atoms with Gasteiger partial charge in [0.15, 0.2) is 5.82 Å². The fourth-order valence-electron chi connectivity index (χ4n) is 3.48. The zero-order valence-corrected chi connectivity index (χ0v) is 15.9. The molecule has 0 spiro atoms. The SMILES string of the molecule is Cn1ccnc1C(O)(CC(=O)N1CCCN(c2ccc(F)cc2)CC1)C(F)(F)F. The normalized spacial score (nSPS) is 17.7. The van der Waals surface area contributed by atoms with Crippen LogP contribution in [0.3, 0.4) is 0 Å². The number of benzene rings is 1. The fraction of sp³-hybridized carbons (Fsp3) is 0.474. The molecular formula is C19H22F4N4O2. The Hall–Kier alpha value is -2.62. The first-order valence-corrected chi connectivity index (χ1v) is 9.17. The molecule has 1 fully saturated rings. The molecule has 1 aromatic carbocycles. The van der Waals surface area contributed by atoms with Gasteiger partial charge in [0.2, 0.25) is 11.5 Å². The highest BCUT2D eigenvalue weighted by Gasteiger charge is 2.59. The number of nitrogens with zero attached hydrogens (tertiary/aromatic N) is 4. The molecule has 0 saturated carbocycles. The molecule has 10 heteroatoms. The molecule has 29 heavy (non-hydrogen) atoms. The minimum Gasteiger partial charge on any atom is -0.374 e. The van der Waals surface area contributed by atoms with Crippen LogP contribution in [0.1, 0.15) is 18.7 Å². The van der Waals surface area contributed by atoms with Gasteiger partial charge in [-0.05, 0) is 30.7 Å². The van der Waals surface area contributed by atoms with Crippen molar-refractivity contribution < 1.29 is 27.5 Å². The van der Waals surface area contributed by atoms with E-state index >= 15 is 0 Å². The fourth-order valence-corrected chi connectivity index (χ4v) is 3.48. The Morgan fingerprint density at radius 1 is 1.14 bits per heavy atom. The molecule has 0 aliphatic carbocycles. The Morgan fingerprint density at radius 2 is 1.83 bits per heavy atom. The van der Waals surface area contributed by atoms with Crippen molar-refractivity contribution in [1.82, 2.24) is 14.5 Å². The summed E-state index contributed by atoms with van der Waals surface area (Å²) in [6.45, 7) is 1.44. The summed E-state index contributed by atoms with van der Waals surface area (Å²) in [5.74, 6) is -1.78. The van der Waals surface area contributed by atoms with Gasteiger partial charge < -0.3 is 19.5 Å². The number of carbonyl (C=O) groups is 1. The molecule has 6 nitrogen and oxygen atoms in total. The van der Waals surface area contributed by atoms with Crippen molar-refractivity contribution in [3.63, 3.8) is 0 Å². The highest BCUT2D eigenvalue weighted by Crippen LogP contribution is 2.41. The molecule has 1 aromatic heterocycles. The lowest BCUT2D eigenvalue weighted by Gasteiger charge is -2.31. The zero-order valence-electron chi connectivity index (χ0n) is 15.9. The predicted molar refractivity (Wildman–Crippen MR) is 97.6 cm³/mol. The molecule has 0 bridgehead atoms. The van der Waals surface area contributed by atoms with Gasteiger partial charge in [-0.25, -0.2) is 9.37 Å². The molecule has 3 rings (SSSR count). The number of aliphatic hydroxyl groups is 1. The van der Waals surface area contributed by atoms with Gasteiger partial charge in [0.05, 0.1) is 6.42 Å². The number of aromatic nitrogens is 2. The first-order valence-electron chi connectivity index (χ1n) is 9.17. The second-order valence-electron chi connectivity index (χ2n) is 7.09. The van der Waals surface area contributed by atoms with Crippen LogP contribution in [0, 0.1) is 5.82 Å². The van der Waals surface area contributed by atoms with Crippen molar-refractivity contribution in [2.24, 2.45) is 7.05 Å². The summed E-state index contributed by atoms with van der Waals surface area (Å²) >= 11 is 0. The van der Waals surface area contributed by atoms with E-state index in [0.717, 1.165) is 16.5 Å². The standard InChI is InChI=1S/C19H22F4N4O2/c1-25-10-7-24-17(25)18(29,19(21,22)23)13-16(28)27-9-2-8-26(11-12-27)15-5-3-14(20)4-6-15/h3-7,10,29H,2,8-9,11-13H2,1H3. The minimum absolute atomic E-state index is 0.199. The van der Waals surface area contributed by atoms with Gasteiger partial charge in [-0.1, -0.05) is 0 Å². The molecule has 1 amide bonds. The Balaban J connectivity index is 1.72. The number of carbonyl (C=O) groups excluding carboxylic acids is 1. The average molecular weight is 414 g/mol. The second-order valence-corrected chi connectivity index (χ2v) is 7.09. The summed E-state index contributed by atoms with van der Waals surface area (Å²) in [4.78, 5) is 19.5. The van der Waals surface area contributed by atoms with E-state index in [-0.39, 0.29) is 18.9 Å². The Labute approximate surface area is 165 Å². The van der Waals surface area contributed by atoms with E-state index in [4.69, 9.17) is 0 Å². The van der Waals surface area contributed by atoms with E-state index in [9.17, 15) is 27.5 Å². The smallest absolute Gasteiger partial charge is 0.374 e. The molecule has 1 aliphatic heterocycles. The number of hydrogen-bond donors (Lipinski definition) is 1. The van der Waals surface area contributed by atoms with Crippen LogP contribution in [0.2, 0.25) is 0 Å². The van der Waals surface area contributed by atoms with Crippen LogP contribution in [0.25, 0.3) is 0 Å². The van der Waals surface area contributed by atoms with Crippen LogP contribution in [-0.4, -0.2) is 57.8 Å². The third-order valence-electron chi connectivity index (χ3n) is 5.11. The molecule has 1 unspecified atom stereocenters. The van der Waals surface area contributed by atoms with Crippen LogP contribution in [0.4, 0.5) is 23.2 Å². The van der Waals surface area contributed by atoms with E-state index < -0.39 is 29.9 Å². The molecule has 2 aromatic rings. The highest BCUT2D eigenvalue weighted by molar-refractivity contribution is 5.77. The van der Waals surface area contributed by atoms with Crippen molar-refractivity contribution in [2.45, 2.75) is 24.6 Å². The van der Waals surface area contributed by atoms with Crippen molar-refractivity contribution in [3.05, 3.63) is 48.3 Å². The maximum atomic E-state index is 13.7. The number of alkyl halides is 3. The van der Waals surface area contributed by atoms with Crippen LogP contribution < -0.4 is 4.90 Å². The third kappa shape index (κ3) is 4.36. The van der Waals surface area contributed by atoms with Gasteiger partial charge in [-0.3, -0.25) is 4.79 Å². The van der Waals surface area contributed by atoms with Crippen molar-refractivity contribution in [1.29, 1.82) is 0 Å². The van der Waals surface area contributed by atoms with E-state index in [2.05, 4.69) is 4.98 Å². The summed E-state index contributed by atoms with van der Waals surface area (Å²) in [6.07, 6.45) is -3.24. The largest absolute Gasteiger partial charge is 0.425 e. The van der Waals surface area contributed by atoms with E-state index in [1.54, 1.807) is 12.1 Å². The Bertz CT molecular complexity index is 853. The van der Waals surface area contributed by atoms with E-state index in [1.807, 2.05) is 4.90 Å². The molecular weight excluding hydrogens is 392 g/mol. The van der Waals surface area contributed by atoms with Crippen LogP contribution >= 0.6 is 0 Å². The van der Waals surface area contributed by atoms with Crippen LogP contribution in [0.5, 0.6) is 0 Å². The first-order chi connectivity index (χ1) is 13.6. The lowest BCUT2D eigenvalue weighted by atomic mass is 9.96. The number of anilines is 1. The number of amides is 1. The Kier molecular flexibility index (Phi) is 5.83. The lowest BCUT2D eigenvalue weighted by molar-refractivity contribution is -0.271. The summed E-state index contributed by atoms with van der Waals surface area (Å²) in [5.41, 5.74) is -2.59. The van der Waals surface area contributed by atoms with E-state index in [1.165, 1.54) is 30.3 Å². The van der Waals surface area contributed by atoms with Gasteiger partial charge in [-0.2, -0.15) is 13.2 Å². The molecule has 158 valence electrons. The topological polar surface area (TPSA) is 61.6 Å². The first kappa shape index (κ1) is 21.1. The Morgan fingerprint density at radius 3 is 2.41 bits per heavy atom. The molecule has 0 radical (unpaired) electrons. The van der Waals surface area contributed by atoms with Crippen LogP contribution in [-0.2, 0) is 17.4 Å². The van der Waals surface area contributed by atoms with Crippen molar-refractivity contribution >= 4 is 11.6 Å². The highest BCUT2D eigenvalue weighted by atomic mass is 19.4. The quantitative estimate of drug-likeness (QED) is 0.781. The maximum Gasteiger partial charge on any atom is 0.425 e. The predicted octanol–water partition coefficient (Wildman–Crippen LogP) is 2.44. The summed E-state index contributed by atoms with van der Waals surface area (Å²) in [5, 5.41) is 10.4. The average Bonchev–Trinajstić information content (AvgIpc) is 2.94. The molecule has 1 atom stereocenters. The number of hydrogen-bond acceptors (Lipinski definition) is 4. The molecule has 1 N–H and O–H groups in total. The van der Waals surface area contributed by atoms with Gasteiger partial charge in [0.1, 0.15) is 5.82 Å². The van der Waals surface area contributed by atoms with Gasteiger partial charge in [-0.15, -0.1) is 0 Å². The second kappa shape index (κ2) is 8.02. The van der Waals surface area contributed by atoms with Crippen LogP contribution in [0.15, 0.2) is 36.7 Å². The lowest BCUT2D eigenvalue weighted by Crippen LogP contribution is -2.49. The number of rotatable bonds is 4. The van der Waals surface area contributed by atoms with Crippen molar-refractivity contribution in [2.75, 3.05) is 31.1 Å². The summed E-state index contributed by atoms with van der Waals surface area (Å²) in [6, 6.07) is 5.91. The maximum absolute atomic E-state index is 13.7.